The molecule has 0 aromatic carbocycles. The largest absolute Gasteiger partial charge is 0.355 e. The molecule has 5 rings (SSSR count). The number of aromatic nitrogens is 4. The highest BCUT2D eigenvalue weighted by Gasteiger charge is 2.29. The summed E-state index contributed by atoms with van der Waals surface area (Å²) in [5, 5.41) is 15.5. The van der Waals surface area contributed by atoms with Crippen molar-refractivity contribution in [2.75, 3.05) is 24.5 Å². The van der Waals surface area contributed by atoms with Gasteiger partial charge in [-0.05, 0) is 43.0 Å². The summed E-state index contributed by atoms with van der Waals surface area (Å²) in [7, 11) is 0. The first kappa shape index (κ1) is 16.9. The van der Waals surface area contributed by atoms with Gasteiger partial charge in [0.15, 0.2) is 17.3 Å². The van der Waals surface area contributed by atoms with Crippen LogP contribution < -0.4 is 10.2 Å². The van der Waals surface area contributed by atoms with Gasteiger partial charge in [-0.25, -0.2) is 0 Å². The van der Waals surface area contributed by atoms with E-state index in [9.17, 15) is 4.79 Å². The van der Waals surface area contributed by atoms with Crippen molar-refractivity contribution in [2.45, 2.75) is 19.3 Å². The minimum Gasteiger partial charge on any atom is -0.355 e. The molecule has 8 heteroatoms. The third-order valence-electron chi connectivity index (χ3n) is 5.33. The molecule has 0 atom stereocenters. The molecule has 0 spiro atoms. The van der Waals surface area contributed by atoms with Crippen LogP contribution in [0.2, 0.25) is 0 Å². The van der Waals surface area contributed by atoms with E-state index < -0.39 is 0 Å². The van der Waals surface area contributed by atoms with Crippen LogP contribution in [-0.4, -0.2) is 45.9 Å². The summed E-state index contributed by atoms with van der Waals surface area (Å²) >= 11 is 0. The summed E-state index contributed by atoms with van der Waals surface area (Å²) in [6, 6.07) is 7.48. The molecule has 1 N–H and O–H groups in total. The van der Waals surface area contributed by atoms with E-state index in [1.807, 2.05) is 12.1 Å². The maximum atomic E-state index is 12.3. The Morgan fingerprint density at radius 3 is 3.04 bits per heavy atom. The number of amides is 1. The second kappa shape index (κ2) is 7.03. The molecule has 1 saturated heterocycles. The molecule has 28 heavy (non-hydrogen) atoms. The fourth-order valence-electron chi connectivity index (χ4n) is 3.71. The summed E-state index contributed by atoms with van der Waals surface area (Å²) in [5.41, 5.74) is 3.54. The topological polar surface area (TPSA) is 97.0 Å². The molecule has 2 aliphatic rings. The number of aryl methyl sites for hydroxylation is 2. The predicted octanol–water partition coefficient (Wildman–Crippen LogP) is 1.88. The molecule has 0 bridgehead atoms. The van der Waals surface area contributed by atoms with Crippen LogP contribution in [0, 0.1) is 5.92 Å². The van der Waals surface area contributed by atoms with Crippen molar-refractivity contribution in [2.24, 2.45) is 5.92 Å². The summed E-state index contributed by atoms with van der Waals surface area (Å²) in [6.45, 7) is 2.34. The standard InChI is InChI=1S/C20H20N6O2/c27-20(17-8-18(28-25-17)15-4-2-6-21-10-15)22-9-13-11-26(12-13)19-7-14-3-1-5-16(14)23-24-19/h2,4,6-8,10,13H,1,3,5,9,11-12H2,(H,22,27). The van der Waals surface area contributed by atoms with Crippen LogP contribution in [0.5, 0.6) is 0 Å². The number of nitrogens with zero attached hydrogens (tertiary/aromatic N) is 5. The number of pyridine rings is 1. The fraction of sp³-hybridized carbons (Fsp3) is 0.350. The number of hydrogen-bond acceptors (Lipinski definition) is 7. The summed E-state index contributed by atoms with van der Waals surface area (Å²) in [5.74, 6) is 1.64. The van der Waals surface area contributed by atoms with Gasteiger partial charge in [-0.3, -0.25) is 9.78 Å². The van der Waals surface area contributed by atoms with E-state index in [-0.39, 0.29) is 11.6 Å². The number of hydrogen-bond donors (Lipinski definition) is 1. The van der Waals surface area contributed by atoms with Crippen molar-refractivity contribution in [3.8, 4) is 11.3 Å². The van der Waals surface area contributed by atoms with Crippen molar-refractivity contribution in [3.05, 3.63) is 53.6 Å². The molecule has 0 saturated carbocycles. The number of carbonyl (C=O) groups is 1. The van der Waals surface area contributed by atoms with E-state index in [1.165, 1.54) is 12.0 Å². The SMILES string of the molecule is O=C(NCC1CN(c2cc3c(nn2)CCC3)C1)c1cc(-c2cccnc2)on1. The summed E-state index contributed by atoms with van der Waals surface area (Å²) in [4.78, 5) is 18.6. The first-order valence-electron chi connectivity index (χ1n) is 9.52. The lowest BCUT2D eigenvalue weighted by Gasteiger charge is -2.40. The minimum absolute atomic E-state index is 0.227. The summed E-state index contributed by atoms with van der Waals surface area (Å²) < 4.78 is 5.26. The second-order valence-electron chi connectivity index (χ2n) is 7.33. The van der Waals surface area contributed by atoms with Gasteiger partial charge >= 0.3 is 0 Å². The predicted molar refractivity (Wildman–Crippen MR) is 102 cm³/mol. The van der Waals surface area contributed by atoms with E-state index in [1.54, 1.807) is 18.5 Å². The van der Waals surface area contributed by atoms with E-state index in [0.29, 0.717) is 18.2 Å². The van der Waals surface area contributed by atoms with Crippen LogP contribution in [0.1, 0.15) is 28.2 Å². The Kier molecular flexibility index (Phi) is 4.23. The molecule has 142 valence electrons. The Morgan fingerprint density at radius 2 is 2.18 bits per heavy atom. The Labute approximate surface area is 162 Å². The van der Waals surface area contributed by atoms with Crippen LogP contribution in [-0.2, 0) is 12.8 Å². The lowest BCUT2D eigenvalue weighted by molar-refractivity contribution is 0.0935. The molecule has 0 radical (unpaired) electrons. The molecule has 1 aliphatic carbocycles. The average molecular weight is 376 g/mol. The van der Waals surface area contributed by atoms with Crippen LogP contribution >= 0.6 is 0 Å². The number of carbonyl (C=O) groups excluding carboxylic acids is 1. The van der Waals surface area contributed by atoms with Crippen molar-refractivity contribution < 1.29 is 9.32 Å². The van der Waals surface area contributed by atoms with Gasteiger partial charge < -0.3 is 14.7 Å². The lowest BCUT2D eigenvalue weighted by Crippen LogP contribution is -2.52. The quantitative estimate of drug-likeness (QED) is 0.726. The molecule has 3 aromatic heterocycles. The van der Waals surface area contributed by atoms with E-state index >= 15 is 0 Å². The highest BCUT2D eigenvalue weighted by Crippen LogP contribution is 2.27. The number of rotatable bonds is 5. The van der Waals surface area contributed by atoms with Gasteiger partial charge in [0.05, 0.1) is 5.69 Å². The maximum Gasteiger partial charge on any atom is 0.273 e. The highest BCUT2D eigenvalue weighted by atomic mass is 16.5. The minimum atomic E-state index is -0.227. The zero-order chi connectivity index (χ0) is 18.9. The van der Waals surface area contributed by atoms with E-state index in [2.05, 4.69) is 36.6 Å². The van der Waals surface area contributed by atoms with Crippen LogP contribution in [0.25, 0.3) is 11.3 Å². The van der Waals surface area contributed by atoms with Gasteiger partial charge in [0.25, 0.3) is 5.91 Å². The third-order valence-corrected chi connectivity index (χ3v) is 5.33. The fourth-order valence-corrected chi connectivity index (χ4v) is 3.71. The molecule has 8 nitrogen and oxygen atoms in total. The van der Waals surface area contributed by atoms with Gasteiger partial charge in [-0.1, -0.05) is 5.16 Å². The van der Waals surface area contributed by atoms with Gasteiger partial charge in [0, 0.05) is 49.6 Å². The van der Waals surface area contributed by atoms with Crippen molar-refractivity contribution in [1.29, 1.82) is 0 Å². The highest BCUT2D eigenvalue weighted by molar-refractivity contribution is 5.93. The van der Waals surface area contributed by atoms with Crippen molar-refractivity contribution >= 4 is 11.7 Å². The normalized spacial score (nSPS) is 15.9. The Hall–Kier alpha value is -3.29. The average Bonchev–Trinajstić information content (AvgIpc) is 3.36. The van der Waals surface area contributed by atoms with Gasteiger partial charge in [-0.15, -0.1) is 5.10 Å². The molecule has 3 aromatic rings. The Morgan fingerprint density at radius 1 is 1.25 bits per heavy atom. The molecule has 1 fully saturated rings. The van der Waals surface area contributed by atoms with Gasteiger partial charge in [0.1, 0.15) is 0 Å². The maximum absolute atomic E-state index is 12.3. The smallest absolute Gasteiger partial charge is 0.273 e. The molecule has 1 amide bonds. The summed E-state index contributed by atoms with van der Waals surface area (Å²) in [6.07, 6.45) is 6.68. The van der Waals surface area contributed by atoms with E-state index in [0.717, 1.165) is 43.0 Å². The zero-order valence-corrected chi connectivity index (χ0v) is 15.3. The Balaban J connectivity index is 1.13. The van der Waals surface area contributed by atoms with Crippen molar-refractivity contribution in [3.63, 3.8) is 0 Å². The molecular weight excluding hydrogens is 356 g/mol. The Bertz CT molecular complexity index is 997. The molecule has 4 heterocycles. The second-order valence-corrected chi connectivity index (χ2v) is 7.33. The van der Waals surface area contributed by atoms with Crippen molar-refractivity contribution in [1.82, 2.24) is 25.7 Å². The number of anilines is 1. The number of fused-ring (bicyclic) bond motifs is 1. The van der Waals surface area contributed by atoms with Crippen LogP contribution in [0.15, 0.2) is 41.2 Å². The zero-order valence-electron chi connectivity index (χ0n) is 15.3. The monoisotopic (exact) mass is 376 g/mol. The molecule has 0 unspecified atom stereocenters. The van der Waals surface area contributed by atoms with Gasteiger partial charge in [-0.2, -0.15) is 5.10 Å². The molecule has 1 aliphatic heterocycles. The van der Waals surface area contributed by atoms with Crippen LogP contribution in [0.4, 0.5) is 5.82 Å². The van der Waals surface area contributed by atoms with Crippen LogP contribution in [0.3, 0.4) is 0 Å². The van der Waals surface area contributed by atoms with E-state index in [4.69, 9.17) is 4.52 Å². The first-order chi connectivity index (χ1) is 13.8. The third kappa shape index (κ3) is 3.21. The number of nitrogens with one attached hydrogen (secondary N) is 1. The first-order valence-corrected chi connectivity index (χ1v) is 9.52. The lowest BCUT2D eigenvalue weighted by atomic mass is 10.00. The van der Waals surface area contributed by atoms with Gasteiger partial charge in [0.2, 0.25) is 0 Å². The molecular formula is C20H20N6O2.